The normalized spacial score (nSPS) is 15.6. The predicted octanol–water partition coefficient (Wildman–Crippen LogP) is 3.10. The van der Waals surface area contributed by atoms with Crippen LogP contribution in [0.2, 0.25) is 0 Å². The van der Waals surface area contributed by atoms with Crippen LogP contribution in [0, 0.1) is 0 Å². The minimum atomic E-state index is 0.110. The number of rotatable bonds is 4. The molecule has 0 saturated heterocycles. The van der Waals surface area contributed by atoms with Crippen LogP contribution in [-0.4, -0.2) is 18.1 Å². The molecule has 0 spiro atoms. The smallest absolute Gasteiger partial charge is 0.0421 e. The molecule has 2 heterocycles. The van der Waals surface area contributed by atoms with Crippen molar-refractivity contribution >= 4 is 5.69 Å². The maximum absolute atomic E-state index is 5.99. The van der Waals surface area contributed by atoms with Crippen LogP contribution < -0.4 is 10.6 Å². The van der Waals surface area contributed by atoms with Crippen molar-refractivity contribution in [3.05, 3.63) is 59.4 Å². The summed E-state index contributed by atoms with van der Waals surface area (Å²) in [6.45, 7) is 4.21. The quantitative estimate of drug-likeness (QED) is 0.936. The Morgan fingerprint density at radius 2 is 2.19 bits per heavy atom. The molecular formula is C18H23N3. The summed E-state index contributed by atoms with van der Waals surface area (Å²) < 4.78 is 0. The number of aryl methyl sites for hydroxylation is 1. The highest BCUT2D eigenvalue weighted by atomic mass is 15.1. The Morgan fingerprint density at radius 1 is 1.29 bits per heavy atom. The first kappa shape index (κ1) is 14.1. The summed E-state index contributed by atoms with van der Waals surface area (Å²) in [7, 11) is 0. The van der Waals surface area contributed by atoms with E-state index in [1.807, 2.05) is 19.2 Å². The number of nitrogens with two attached hydrogens (primary N) is 1. The van der Waals surface area contributed by atoms with Crippen LogP contribution in [0.4, 0.5) is 5.69 Å². The molecule has 0 fully saturated rings. The summed E-state index contributed by atoms with van der Waals surface area (Å²) in [5.74, 6) is 0. The maximum Gasteiger partial charge on any atom is 0.0421 e. The van der Waals surface area contributed by atoms with Crippen molar-refractivity contribution in [3.8, 4) is 0 Å². The van der Waals surface area contributed by atoms with Crippen LogP contribution in [0.1, 0.15) is 36.2 Å². The number of hydrogen-bond donors (Lipinski definition) is 1. The van der Waals surface area contributed by atoms with Crippen LogP contribution in [0.25, 0.3) is 0 Å². The van der Waals surface area contributed by atoms with E-state index in [0.717, 1.165) is 31.6 Å². The number of pyridine rings is 1. The second kappa shape index (κ2) is 6.27. The van der Waals surface area contributed by atoms with Gasteiger partial charge in [-0.05, 0) is 49.1 Å². The Hall–Kier alpha value is -1.87. The van der Waals surface area contributed by atoms with Crippen molar-refractivity contribution in [2.45, 2.75) is 32.2 Å². The largest absolute Gasteiger partial charge is 0.371 e. The topological polar surface area (TPSA) is 42.1 Å². The van der Waals surface area contributed by atoms with Gasteiger partial charge < -0.3 is 10.6 Å². The first-order chi connectivity index (χ1) is 10.2. The molecule has 1 atom stereocenters. The molecule has 110 valence electrons. The van der Waals surface area contributed by atoms with Gasteiger partial charge in [0.05, 0.1) is 0 Å². The van der Waals surface area contributed by atoms with Crippen LogP contribution in [0.3, 0.4) is 0 Å². The predicted molar refractivity (Wildman–Crippen MR) is 87.5 cm³/mol. The molecule has 1 aromatic heterocycles. The summed E-state index contributed by atoms with van der Waals surface area (Å²) in [4.78, 5) is 6.90. The van der Waals surface area contributed by atoms with Crippen molar-refractivity contribution < 1.29 is 0 Å². The van der Waals surface area contributed by atoms with E-state index in [1.165, 1.54) is 23.2 Å². The van der Waals surface area contributed by atoms with Crippen LogP contribution in [0.5, 0.6) is 0 Å². The van der Waals surface area contributed by atoms with Crippen LogP contribution >= 0.6 is 0 Å². The molecule has 2 N–H and O–H groups in total. The molecule has 1 aliphatic rings. The third kappa shape index (κ3) is 3.24. The molecular weight excluding hydrogens is 258 g/mol. The number of aromatic nitrogens is 1. The lowest BCUT2D eigenvalue weighted by Gasteiger charge is -2.32. The van der Waals surface area contributed by atoms with Crippen molar-refractivity contribution in [2.75, 3.05) is 18.0 Å². The summed E-state index contributed by atoms with van der Waals surface area (Å²) in [5, 5.41) is 0. The molecule has 3 rings (SSSR count). The molecule has 1 aliphatic heterocycles. The number of fused-ring (bicyclic) bond motifs is 1. The summed E-state index contributed by atoms with van der Waals surface area (Å²) >= 11 is 0. The molecule has 3 heteroatoms. The number of hydrogen-bond acceptors (Lipinski definition) is 3. The van der Waals surface area contributed by atoms with Gasteiger partial charge in [-0.25, -0.2) is 0 Å². The van der Waals surface area contributed by atoms with Crippen molar-refractivity contribution in [3.63, 3.8) is 0 Å². The third-order valence-electron chi connectivity index (χ3n) is 4.21. The first-order valence-electron chi connectivity index (χ1n) is 7.77. The zero-order valence-electron chi connectivity index (χ0n) is 12.6. The minimum absolute atomic E-state index is 0.110. The molecule has 3 nitrogen and oxygen atoms in total. The highest BCUT2D eigenvalue weighted by molar-refractivity contribution is 5.57. The van der Waals surface area contributed by atoms with Gasteiger partial charge in [0.2, 0.25) is 0 Å². The van der Waals surface area contributed by atoms with E-state index in [2.05, 4.69) is 40.2 Å². The minimum Gasteiger partial charge on any atom is -0.371 e. The monoisotopic (exact) mass is 281 g/mol. The highest BCUT2D eigenvalue weighted by Crippen LogP contribution is 2.29. The van der Waals surface area contributed by atoms with E-state index < -0.39 is 0 Å². The van der Waals surface area contributed by atoms with Crippen LogP contribution in [0.15, 0.2) is 42.6 Å². The van der Waals surface area contributed by atoms with Gasteiger partial charge in [0, 0.05) is 43.1 Å². The number of nitrogens with zero attached hydrogens (tertiary/aromatic N) is 2. The average Bonchev–Trinajstić information content (AvgIpc) is 2.53. The van der Waals surface area contributed by atoms with E-state index in [1.54, 1.807) is 0 Å². The Balaban J connectivity index is 1.74. The molecule has 0 radical (unpaired) electrons. The zero-order valence-corrected chi connectivity index (χ0v) is 12.6. The van der Waals surface area contributed by atoms with E-state index in [9.17, 15) is 0 Å². The van der Waals surface area contributed by atoms with E-state index >= 15 is 0 Å². The SMILES string of the molecule is CC(N)c1ccc2c(c1)CCCN2CCc1ccccn1. The fourth-order valence-electron chi connectivity index (χ4n) is 3.01. The lowest BCUT2D eigenvalue weighted by molar-refractivity contribution is 0.681. The van der Waals surface area contributed by atoms with Gasteiger partial charge in [-0.1, -0.05) is 18.2 Å². The molecule has 0 saturated carbocycles. The van der Waals surface area contributed by atoms with Gasteiger partial charge >= 0.3 is 0 Å². The third-order valence-corrected chi connectivity index (χ3v) is 4.21. The second-order valence-corrected chi connectivity index (χ2v) is 5.84. The van der Waals surface area contributed by atoms with Gasteiger partial charge in [0.15, 0.2) is 0 Å². The maximum atomic E-state index is 5.99. The fourth-order valence-corrected chi connectivity index (χ4v) is 3.01. The molecule has 21 heavy (non-hydrogen) atoms. The second-order valence-electron chi connectivity index (χ2n) is 5.84. The van der Waals surface area contributed by atoms with Crippen molar-refractivity contribution in [2.24, 2.45) is 5.73 Å². The standard InChI is InChI=1S/C18H23N3/c1-14(19)15-7-8-18-16(13-15)5-4-11-21(18)12-9-17-6-2-3-10-20-17/h2-3,6-8,10,13-14H,4-5,9,11-12,19H2,1H3. The Morgan fingerprint density at radius 3 is 2.95 bits per heavy atom. The fraction of sp³-hybridized carbons (Fsp3) is 0.389. The zero-order chi connectivity index (χ0) is 14.7. The highest BCUT2D eigenvalue weighted by Gasteiger charge is 2.17. The van der Waals surface area contributed by atoms with Gasteiger partial charge in [-0.15, -0.1) is 0 Å². The lowest BCUT2D eigenvalue weighted by Crippen LogP contribution is -2.31. The number of benzene rings is 1. The average molecular weight is 281 g/mol. The lowest BCUT2D eigenvalue weighted by atomic mass is 9.97. The Labute approximate surface area is 126 Å². The van der Waals surface area contributed by atoms with E-state index in [-0.39, 0.29) is 6.04 Å². The molecule has 1 aromatic carbocycles. The Bertz CT molecular complexity index is 593. The van der Waals surface area contributed by atoms with Crippen molar-refractivity contribution in [1.29, 1.82) is 0 Å². The molecule has 0 aliphatic carbocycles. The summed E-state index contributed by atoms with van der Waals surface area (Å²) in [6.07, 6.45) is 5.25. The summed E-state index contributed by atoms with van der Waals surface area (Å²) in [6, 6.07) is 12.9. The van der Waals surface area contributed by atoms with Gasteiger partial charge in [-0.2, -0.15) is 0 Å². The molecule has 1 unspecified atom stereocenters. The summed E-state index contributed by atoms with van der Waals surface area (Å²) in [5.41, 5.74) is 11.2. The molecule has 0 amide bonds. The van der Waals surface area contributed by atoms with Crippen LogP contribution in [-0.2, 0) is 12.8 Å². The van der Waals surface area contributed by atoms with E-state index in [4.69, 9.17) is 5.73 Å². The van der Waals surface area contributed by atoms with Gasteiger partial charge in [0.25, 0.3) is 0 Å². The van der Waals surface area contributed by atoms with Gasteiger partial charge in [0.1, 0.15) is 0 Å². The van der Waals surface area contributed by atoms with Crippen molar-refractivity contribution in [1.82, 2.24) is 4.98 Å². The Kier molecular flexibility index (Phi) is 4.20. The number of anilines is 1. The molecule has 2 aromatic rings. The first-order valence-corrected chi connectivity index (χ1v) is 7.77. The van der Waals surface area contributed by atoms with Gasteiger partial charge in [-0.3, -0.25) is 4.98 Å². The van der Waals surface area contributed by atoms with E-state index in [0.29, 0.717) is 0 Å². The molecule has 0 bridgehead atoms.